The van der Waals surface area contributed by atoms with Crippen molar-refractivity contribution in [2.45, 2.75) is 18.9 Å². The smallest absolute Gasteiger partial charge is 0.257 e. The minimum Gasteiger partial charge on any atom is -0.496 e. The minimum atomic E-state index is -0.151. The van der Waals surface area contributed by atoms with Crippen LogP contribution in [0.4, 0.5) is 5.69 Å². The molecule has 6 nitrogen and oxygen atoms in total. The number of nitrogen functional groups attached to an aromatic ring is 1. The van der Waals surface area contributed by atoms with Crippen molar-refractivity contribution in [3.8, 4) is 5.75 Å². The van der Waals surface area contributed by atoms with E-state index < -0.39 is 0 Å². The van der Waals surface area contributed by atoms with Crippen molar-refractivity contribution in [3.05, 3.63) is 58.6 Å². The predicted octanol–water partition coefficient (Wildman–Crippen LogP) is 2.97. The third-order valence-electron chi connectivity index (χ3n) is 4.70. The second kappa shape index (κ2) is 8.31. The molecule has 0 radical (unpaired) electrons. The van der Waals surface area contributed by atoms with Crippen molar-refractivity contribution in [1.29, 1.82) is 0 Å². The average Bonchev–Trinajstić information content (AvgIpc) is 2.70. The van der Waals surface area contributed by atoms with Crippen LogP contribution in [0.3, 0.4) is 0 Å². The van der Waals surface area contributed by atoms with E-state index in [0.717, 1.165) is 0 Å². The number of halogens is 1. The highest BCUT2D eigenvalue weighted by atomic mass is 35.5. The third kappa shape index (κ3) is 4.34. The maximum Gasteiger partial charge on any atom is 0.257 e. The van der Waals surface area contributed by atoms with Crippen LogP contribution < -0.4 is 15.8 Å². The van der Waals surface area contributed by atoms with Crippen molar-refractivity contribution >= 4 is 29.1 Å². The van der Waals surface area contributed by atoms with Crippen LogP contribution in [0.2, 0.25) is 5.02 Å². The van der Waals surface area contributed by atoms with Crippen LogP contribution in [0.1, 0.15) is 33.6 Å². The summed E-state index contributed by atoms with van der Waals surface area (Å²) in [6.07, 6.45) is 1.38. The van der Waals surface area contributed by atoms with E-state index in [1.165, 1.54) is 7.11 Å². The number of rotatable bonds is 4. The molecule has 142 valence electrons. The standard InChI is InChI=1S/C20H22ClN3O3/c1-27-18-12-17(22)16(21)11-15(18)20(26)24-9-7-14(8-10-24)23-19(25)13-5-3-2-4-6-13/h2-6,11-12,14H,7-10,22H2,1H3,(H,23,25). The number of nitrogens with zero attached hydrogens (tertiary/aromatic N) is 1. The fourth-order valence-electron chi connectivity index (χ4n) is 3.16. The Morgan fingerprint density at radius 3 is 2.48 bits per heavy atom. The highest BCUT2D eigenvalue weighted by Gasteiger charge is 2.27. The largest absolute Gasteiger partial charge is 0.496 e. The molecule has 1 aliphatic heterocycles. The van der Waals surface area contributed by atoms with Gasteiger partial charge in [0, 0.05) is 30.8 Å². The van der Waals surface area contributed by atoms with Crippen LogP contribution in [0.5, 0.6) is 5.75 Å². The molecule has 2 aromatic carbocycles. The molecule has 0 aliphatic carbocycles. The molecule has 1 fully saturated rings. The Bertz CT molecular complexity index is 834. The molecule has 2 amide bonds. The lowest BCUT2D eigenvalue weighted by molar-refractivity contribution is 0.0695. The summed E-state index contributed by atoms with van der Waals surface area (Å²) in [6.45, 7) is 1.09. The Kier molecular flexibility index (Phi) is 5.86. The maximum absolute atomic E-state index is 12.9. The topological polar surface area (TPSA) is 84.7 Å². The van der Waals surface area contributed by atoms with Gasteiger partial charge in [0.1, 0.15) is 5.75 Å². The number of methoxy groups -OCH3 is 1. The zero-order valence-electron chi connectivity index (χ0n) is 15.1. The first-order chi connectivity index (χ1) is 13.0. The van der Waals surface area contributed by atoms with Gasteiger partial charge in [0.05, 0.1) is 23.4 Å². The number of nitrogens with two attached hydrogens (primary N) is 1. The monoisotopic (exact) mass is 387 g/mol. The highest BCUT2D eigenvalue weighted by Crippen LogP contribution is 2.30. The quantitative estimate of drug-likeness (QED) is 0.790. The number of likely N-dealkylation sites (tertiary alicyclic amines) is 1. The van der Waals surface area contributed by atoms with E-state index in [-0.39, 0.29) is 17.9 Å². The molecule has 0 bridgehead atoms. The Labute approximate surface area is 163 Å². The van der Waals surface area contributed by atoms with Gasteiger partial charge < -0.3 is 20.7 Å². The third-order valence-corrected chi connectivity index (χ3v) is 5.03. The van der Waals surface area contributed by atoms with Crippen LogP contribution in [-0.2, 0) is 0 Å². The summed E-state index contributed by atoms with van der Waals surface area (Å²) >= 11 is 6.07. The van der Waals surface area contributed by atoms with Crippen molar-refractivity contribution in [2.24, 2.45) is 0 Å². The first-order valence-corrected chi connectivity index (χ1v) is 9.15. The number of carbonyl (C=O) groups excluding carboxylic acids is 2. The van der Waals surface area contributed by atoms with Gasteiger partial charge in [-0.15, -0.1) is 0 Å². The number of benzene rings is 2. The van der Waals surface area contributed by atoms with Crippen molar-refractivity contribution in [2.75, 3.05) is 25.9 Å². The summed E-state index contributed by atoms with van der Waals surface area (Å²) in [5, 5.41) is 3.36. The Balaban J connectivity index is 1.61. The minimum absolute atomic E-state index is 0.0404. The summed E-state index contributed by atoms with van der Waals surface area (Å²) in [5.41, 5.74) is 7.18. The highest BCUT2D eigenvalue weighted by molar-refractivity contribution is 6.33. The summed E-state index contributed by atoms with van der Waals surface area (Å²) in [4.78, 5) is 26.9. The lowest BCUT2D eigenvalue weighted by Gasteiger charge is -2.32. The van der Waals surface area contributed by atoms with E-state index in [4.69, 9.17) is 22.1 Å². The van der Waals surface area contributed by atoms with Crippen LogP contribution in [-0.4, -0.2) is 43.0 Å². The molecule has 0 unspecified atom stereocenters. The summed E-state index contributed by atoms with van der Waals surface area (Å²) < 4.78 is 5.27. The van der Waals surface area contributed by atoms with Crippen molar-refractivity contribution in [3.63, 3.8) is 0 Å². The van der Waals surface area contributed by atoms with Gasteiger partial charge >= 0.3 is 0 Å². The summed E-state index contributed by atoms with van der Waals surface area (Å²) in [5.74, 6) is 0.162. The number of ether oxygens (including phenoxy) is 1. The predicted molar refractivity (Wildman–Crippen MR) is 105 cm³/mol. The molecule has 1 aliphatic rings. The van der Waals surface area contributed by atoms with Gasteiger partial charge in [-0.3, -0.25) is 9.59 Å². The molecular weight excluding hydrogens is 366 g/mol. The van der Waals surface area contributed by atoms with Gasteiger partial charge in [0.15, 0.2) is 0 Å². The maximum atomic E-state index is 12.9. The normalized spacial score (nSPS) is 14.7. The molecule has 0 aromatic heterocycles. The number of hydrogen-bond donors (Lipinski definition) is 2. The van der Waals surface area contributed by atoms with Gasteiger partial charge in [0.2, 0.25) is 0 Å². The van der Waals surface area contributed by atoms with Crippen LogP contribution >= 0.6 is 11.6 Å². The first kappa shape index (κ1) is 19.0. The van der Waals surface area contributed by atoms with Gasteiger partial charge in [0.25, 0.3) is 11.8 Å². The second-order valence-electron chi connectivity index (χ2n) is 6.48. The number of anilines is 1. The number of nitrogens with one attached hydrogen (secondary N) is 1. The summed E-state index contributed by atoms with van der Waals surface area (Å²) in [6, 6.07) is 12.2. The molecule has 0 spiro atoms. The molecular formula is C20H22ClN3O3. The van der Waals surface area contributed by atoms with E-state index in [1.807, 2.05) is 18.2 Å². The number of hydrogen-bond acceptors (Lipinski definition) is 4. The molecule has 1 heterocycles. The molecule has 2 aromatic rings. The summed E-state index contributed by atoms with van der Waals surface area (Å²) in [7, 11) is 1.49. The zero-order chi connectivity index (χ0) is 19.4. The van der Waals surface area contributed by atoms with Crippen LogP contribution in [0.15, 0.2) is 42.5 Å². The molecule has 3 N–H and O–H groups in total. The SMILES string of the molecule is COc1cc(N)c(Cl)cc1C(=O)N1CCC(NC(=O)c2ccccc2)CC1. The molecule has 1 saturated heterocycles. The Hall–Kier alpha value is -2.73. The zero-order valence-corrected chi connectivity index (χ0v) is 15.8. The van der Waals surface area contributed by atoms with Crippen LogP contribution in [0.25, 0.3) is 0 Å². The van der Waals surface area contributed by atoms with Gasteiger partial charge in [-0.1, -0.05) is 29.8 Å². The molecule has 0 atom stereocenters. The Morgan fingerprint density at radius 1 is 1.19 bits per heavy atom. The van der Waals surface area contributed by atoms with E-state index in [2.05, 4.69) is 5.32 Å². The van der Waals surface area contributed by atoms with Crippen molar-refractivity contribution in [1.82, 2.24) is 10.2 Å². The molecule has 3 rings (SSSR count). The van der Waals surface area contributed by atoms with E-state index >= 15 is 0 Å². The van der Waals surface area contributed by atoms with E-state index in [9.17, 15) is 9.59 Å². The van der Waals surface area contributed by atoms with Gasteiger partial charge in [-0.05, 0) is 31.0 Å². The van der Waals surface area contributed by atoms with E-state index in [1.54, 1.807) is 29.2 Å². The lowest BCUT2D eigenvalue weighted by Crippen LogP contribution is -2.46. The first-order valence-electron chi connectivity index (χ1n) is 8.77. The average molecular weight is 388 g/mol. The number of amides is 2. The Morgan fingerprint density at radius 2 is 1.85 bits per heavy atom. The molecule has 27 heavy (non-hydrogen) atoms. The van der Waals surface area contributed by atoms with Crippen molar-refractivity contribution < 1.29 is 14.3 Å². The van der Waals surface area contributed by atoms with E-state index in [0.29, 0.717) is 53.5 Å². The number of carbonyl (C=O) groups is 2. The molecule has 0 saturated carbocycles. The lowest BCUT2D eigenvalue weighted by atomic mass is 10.0. The molecule has 7 heteroatoms. The van der Waals surface area contributed by atoms with Gasteiger partial charge in [-0.25, -0.2) is 0 Å². The van der Waals surface area contributed by atoms with Gasteiger partial charge in [-0.2, -0.15) is 0 Å². The number of piperidine rings is 1. The second-order valence-corrected chi connectivity index (χ2v) is 6.89. The fourth-order valence-corrected chi connectivity index (χ4v) is 3.32. The fraction of sp³-hybridized carbons (Fsp3) is 0.300. The van der Waals surface area contributed by atoms with Crippen LogP contribution in [0, 0.1) is 0 Å².